The third-order valence-corrected chi connectivity index (χ3v) is 0.295. The van der Waals surface area contributed by atoms with Gasteiger partial charge < -0.3 is 17.0 Å². The molecule has 1 heterocycles. The predicted octanol–water partition coefficient (Wildman–Crippen LogP) is -2.76. The van der Waals surface area contributed by atoms with Gasteiger partial charge in [0.05, 0.1) is 0 Å². The van der Waals surface area contributed by atoms with Crippen molar-refractivity contribution < 1.29 is 17.0 Å². The number of nitrogens with zero attached hydrogens (tertiary/aromatic N) is 2. The van der Waals surface area contributed by atoms with Gasteiger partial charge in [0.25, 0.3) is 6.20 Å². The molecule has 0 saturated heterocycles. The highest BCUT2D eigenvalue weighted by molar-refractivity contribution is 4.68. The molecule has 0 atom stereocenters. The summed E-state index contributed by atoms with van der Waals surface area (Å²) in [5, 5.41) is 6.58. The number of hydrogen-bond acceptors (Lipinski definition) is 3. The van der Waals surface area contributed by atoms with Gasteiger partial charge in [-0.05, 0) is 5.22 Å². The summed E-state index contributed by atoms with van der Waals surface area (Å²) in [6, 6.07) is 0. The van der Waals surface area contributed by atoms with Crippen molar-refractivity contribution in [2.75, 3.05) is 0 Å². The Labute approximate surface area is 45.9 Å². The first-order chi connectivity index (χ1) is 2.50. The highest BCUT2D eigenvalue weighted by atomic mass is 79.9. The second-order valence-corrected chi connectivity index (χ2v) is 0.603. The Morgan fingerprint density at radius 3 is 2.67 bits per heavy atom. The second kappa shape index (κ2) is 2.75. The number of halogens is 1. The summed E-state index contributed by atoms with van der Waals surface area (Å²) >= 11 is 0. The van der Waals surface area contributed by atoms with Crippen LogP contribution in [0.1, 0.15) is 0 Å². The summed E-state index contributed by atoms with van der Waals surface area (Å²) in [4.78, 5) is 0. The van der Waals surface area contributed by atoms with Crippen molar-refractivity contribution in [3.8, 4) is 0 Å². The van der Waals surface area contributed by atoms with E-state index in [4.69, 9.17) is 0 Å². The third kappa shape index (κ3) is 1.10. The molecule has 3 nitrogen and oxygen atoms in total. The SMILES string of the molecule is [Br-].[C+]1=CNN=N1. The molecule has 0 aromatic rings. The zero-order chi connectivity index (χ0) is 3.54. The molecule has 0 aliphatic carbocycles. The van der Waals surface area contributed by atoms with Crippen molar-refractivity contribution in [2.24, 2.45) is 10.3 Å². The minimum absolute atomic E-state index is 0. The van der Waals surface area contributed by atoms with Crippen molar-refractivity contribution in [2.45, 2.75) is 0 Å². The van der Waals surface area contributed by atoms with Gasteiger partial charge in [-0.1, -0.05) is 0 Å². The van der Waals surface area contributed by atoms with Crippen LogP contribution in [0, 0.1) is 6.20 Å². The first kappa shape index (κ1) is 5.53. The standard InChI is InChI=1S/C2H2N3.BrH/c1-2-4-5-3-1;/h1H,(H,3,4,5);1H/q+1;/p-1. The third-order valence-electron chi connectivity index (χ3n) is 0.295. The van der Waals surface area contributed by atoms with Crippen molar-refractivity contribution in [3.63, 3.8) is 0 Å². The minimum Gasteiger partial charge on any atom is -1.00 e. The van der Waals surface area contributed by atoms with Gasteiger partial charge in [-0.2, -0.15) is 0 Å². The lowest BCUT2D eigenvalue weighted by Gasteiger charge is -1.56. The summed E-state index contributed by atoms with van der Waals surface area (Å²) in [6.07, 6.45) is 3.97. The lowest BCUT2D eigenvalue weighted by atomic mass is 11.0. The van der Waals surface area contributed by atoms with Crippen molar-refractivity contribution in [3.05, 3.63) is 12.4 Å². The van der Waals surface area contributed by atoms with Crippen molar-refractivity contribution in [1.29, 1.82) is 0 Å². The zero-order valence-corrected chi connectivity index (χ0v) is 4.44. The average molecular weight is 148 g/mol. The van der Waals surface area contributed by atoms with Gasteiger partial charge in [-0.3, -0.25) is 0 Å². The molecule has 0 bridgehead atoms. The quantitative estimate of drug-likeness (QED) is 0.371. The van der Waals surface area contributed by atoms with Crippen molar-refractivity contribution >= 4 is 0 Å². The summed E-state index contributed by atoms with van der Waals surface area (Å²) in [5.41, 5.74) is 2.44. The summed E-state index contributed by atoms with van der Waals surface area (Å²) in [7, 11) is 0. The van der Waals surface area contributed by atoms with Gasteiger partial charge in [0, 0.05) is 0 Å². The minimum atomic E-state index is 0. The van der Waals surface area contributed by atoms with Crippen LogP contribution in [0.5, 0.6) is 0 Å². The van der Waals surface area contributed by atoms with E-state index < -0.39 is 0 Å². The monoisotopic (exact) mass is 147 g/mol. The van der Waals surface area contributed by atoms with E-state index in [0.29, 0.717) is 0 Å². The summed E-state index contributed by atoms with van der Waals surface area (Å²) < 4.78 is 0. The fraction of sp³-hybridized carbons (Fsp3) is 0. The molecule has 1 aliphatic rings. The smallest absolute Gasteiger partial charge is 0.445 e. The molecular weight excluding hydrogens is 146 g/mol. The molecule has 0 aromatic carbocycles. The van der Waals surface area contributed by atoms with E-state index in [9.17, 15) is 0 Å². The molecule has 1 rings (SSSR count). The highest BCUT2D eigenvalue weighted by Crippen LogP contribution is 1.77. The lowest BCUT2D eigenvalue weighted by Crippen LogP contribution is -3.00. The molecule has 1 N–H and O–H groups in total. The molecule has 0 fully saturated rings. The Balaban J connectivity index is 0.000000250. The van der Waals surface area contributed by atoms with Gasteiger partial charge in [-0.25, -0.2) is 5.43 Å². The Hall–Kier alpha value is -0.470. The van der Waals surface area contributed by atoms with Gasteiger partial charge in [0.1, 0.15) is 5.11 Å². The van der Waals surface area contributed by atoms with Crippen LogP contribution in [-0.4, -0.2) is 0 Å². The van der Waals surface area contributed by atoms with E-state index in [1.165, 1.54) is 6.20 Å². The van der Waals surface area contributed by atoms with Gasteiger partial charge in [-0.15, -0.1) is 0 Å². The molecule has 1 aliphatic heterocycles. The Kier molecular flexibility index (Phi) is 2.54. The van der Waals surface area contributed by atoms with E-state index in [1.54, 1.807) is 0 Å². The lowest BCUT2D eigenvalue weighted by molar-refractivity contribution is -0.00000113. The van der Waals surface area contributed by atoms with Crippen LogP contribution >= 0.6 is 0 Å². The van der Waals surface area contributed by atoms with Gasteiger partial charge in [0.2, 0.25) is 0 Å². The summed E-state index contributed by atoms with van der Waals surface area (Å²) in [6.45, 7) is 0. The Morgan fingerprint density at radius 1 is 1.67 bits per heavy atom. The second-order valence-electron chi connectivity index (χ2n) is 0.603. The Bertz CT molecular complexity index is 66.9. The van der Waals surface area contributed by atoms with Crippen LogP contribution in [0.3, 0.4) is 0 Å². The van der Waals surface area contributed by atoms with Gasteiger partial charge >= 0.3 is 6.20 Å². The molecule has 0 aromatic heterocycles. The van der Waals surface area contributed by atoms with Crippen molar-refractivity contribution in [1.82, 2.24) is 5.43 Å². The van der Waals surface area contributed by atoms with E-state index >= 15 is 0 Å². The van der Waals surface area contributed by atoms with E-state index in [0.717, 1.165) is 0 Å². The molecule has 32 valence electrons. The summed E-state index contributed by atoms with van der Waals surface area (Å²) in [5.74, 6) is 0. The van der Waals surface area contributed by atoms with Crippen LogP contribution in [-0.2, 0) is 0 Å². The van der Waals surface area contributed by atoms with Crippen LogP contribution in [0.15, 0.2) is 16.5 Å². The molecule has 0 unspecified atom stereocenters. The van der Waals surface area contributed by atoms with Gasteiger partial charge in [0.15, 0.2) is 0 Å². The molecule has 6 heavy (non-hydrogen) atoms. The number of hydrogen-bond donors (Lipinski definition) is 1. The molecule has 0 radical (unpaired) electrons. The van der Waals surface area contributed by atoms with Crippen LogP contribution in [0.2, 0.25) is 0 Å². The fourth-order valence-corrected chi connectivity index (χ4v) is 0.144. The highest BCUT2D eigenvalue weighted by Gasteiger charge is 1.92. The van der Waals surface area contributed by atoms with Crippen LogP contribution in [0.4, 0.5) is 0 Å². The average Bonchev–Trinajstić information content (AvgIpc) is 1.76. The van der Waals surface area contributed by atoms with E-state index in [1.807, 2.05) is 0 Å². The molecule has 0 amide bonds. The predicted molar refractivity (Wildman–Crippen MR) is 15.8 cm³/mol. The molecule has 4 heteroatoms. The van der Waals surface area contributed by atoms with E-state index in [2.05, 4.69) is 22.0 Å². The number of rotatable bonds is 0. The maximum Gasteiger partial charge on any atom is 0.445 e. The maximum absolute atomic E-state index is 3.29. The molecule has 0 saturated carbocycles. The van der Waals surface area contributed by atoms with E-state index in [-0.39, 0.29) is 17.0 Å². The Morgan fingerprint density at radius 2 is 2.50 bits per heavy atom. The first-order valence-corrected chi connectivity index (χ1v) is 1.22. The first-order valence-electron chi connectivity index (χ1n) is 1.22. The normalized spacial score (nSPS) is 12.0. The number of nitrogens with one attached hydrogen (secondary N) is 1. The largest absolute Gasteiger partial charge is 1.00 e. The van der Waals surface area contributed by atoms with Crippen LogP contribution in [0.25, 0.3) is 0 Å². The molecule has 0 spiro atoms. The maximum atomic E-state index is 3.29. The zero-order valence-electron chi connectivity index (χ0n) is 2.85. The van der Waals surface area contributed by atoms with Crippen LogP contribution < -0.4 is 22.4 Å². The fourth-order valence-electron chi connectivity index (χ4n) is 0.144. The molecular formula is C2H2BrN3. The topological polar surface area (TPSA) is 36.8 Å².